The molecule has 0 unspecified atom stereocenters. The number of hydrogen-bond donors (Lipinski definition) is 0. The summed E-state index contributed by atoms with van der Waals surface area (Å²) in [7, 11) is 0. The topological polar surface area (TPSA) is 34.1 Å². The van der Waals surface area contributed by atoms with Crippen LogP contribution in [0.5, 0.6) is 0 Å². The molecular weight excluding hydrogens is 236 g/mol. The van der Waals surface area contributed by atoms with Crippen molar-refractivity contribution in [3.63, 3.8) is 0 Å². The number of rotatable bonds is 1. The lowest BCUT2D eigenvalue weighted by molar-refractivity contribution is -0.120. The zero-order chi connectivity index (χ0) is 13.6. The Morgan fingerprint density at radius 2 is 2.00 bits per heavy atom. The summed E-state index contributed by atoms with van der Waals surface area (Å²) in [5.41, 5.74) is 1.16. The van der Waals surface area contributed by atoms with Gasteiger partial charge in [-0.25, -0.2) is 0 Å². The van der Waals surface area contributed by atoms with Crippen LogP contribution in [-0.2, 0) is 9.59 Å². The summed E-state index contributed by atoms with van der Waals surface area (Å²) in [6.07, 6.45) is 9.25. The van der Waals surface area contributed by atoms with E-state index in [0.717, 1.165) is 32.1 Å². The molecule has 0 bridgehead atoms. The molecule has 19 heavy (non-hydrogen) atoms. The second kappa shape index (κ2) is 4.57. The third-order valence-corrected chi connectivity index (χ3v) is 6.25. The highest BCUT2D eigenvalue weighted by atomic mass is 16.1. The van der Waals surface area contributed by atoms with Gasteiger partial charge in [0, 0.05) is 11.8 Å². The summed E-state index contributed by atoms with van der Waals surface area (Å²) >= 11 is 0. The average molecular weight is 260 g/mol. The van der Waals surface area contributed by atoms with Gasteiger partial charge in [0.2, 0.25) is 0 Å². The number of fused-ring (bicyclic) bond motifs is 3. The Labute approximate surface area is 115 Å². The number of allylic oxidation sites excluding steroid dienone is 2. The molecule has 0 aromatic carbocycles. The van der Waals surface area contributed by atoms with Gasteiger partial charge in [0.25, 0.3) is 0 Å². The molecule has 0 aromatic rings. The fraction of sp³-hybridized carbons (Fsp3) is 0.765. The molecule has 0 amide bonds. The van der Waals surface area contributed by atoms with Gasteiger partial charge in [-0.2, -0.15) is 0 Å². The first-order valence-electron chi connectivity index (χ1n) is 7.79. The molecule has 2 fully saturated rings. The normalized spacial score (nSPS) is 46.0. The maximum absolute atomic E-state index is 11.9. The zero-order valence-electron chi connectivity index (χ0n) is 12.0. The minimum Gasteiger partial charge on any atom is -0.303 e. The predicted molar refractivity (Wildman–Crippen MR) is 74.6 cm³/mol. The molecule has 0 saturated heterocycles. The van der Waals surface area contributed by atoms with E-state index in [-0.39, 0.29) is 11.2 Å². The van der Waals surface area contributed by atoms with Gasteiger partial charge in [0.15, 0.2) is 5.78 Å². The molecule has 0 aromatic heterocycles. The van der Waals surface area contributed by atoms with Crippen molar-refractivity contribution in [2.75, 3.05) is 0 Å². The van der Waals surface area contributed by atoms with E-state index < -0.39 is 0 Å². The van der Waals surface area contributed by atoms with Crippen molar-refractivity contribution in [3.05, 3.63) is 11.6 Å². The highest BCUT2D eigenvalue weighted by molar-refractivity contribution is 5.91. The monoisotopic (exact) mass is 260 g/mol. The Balaban J connectivity index is 2.07. The highest BCUT2D eigenvalue weighted by Gasteiger charge is 2.53. The molecule has 2 saturated carbocycles. The van der Waals surface area contributed by atoms with Crippen LogP contribution in [0, 0.1) is 29.1 Å². The molecule has 2 nitrogen and oxygen atoms in total. The molecular formula is C17H24O2. The summed E-state index contributed by atoms with van der Waals surface area (Å²) in [4.78, 5) is 23.7. The van der Waals surface area contributed by atoms with Gasteiger partial charge >= 0.3 is 0 Å². The van der Waals surface area contributed by atoms with E-state index in [1.807, 2.05) is 6.08 Å². The first-order valence-corrected chi connectivity index (χ1v) is 7.79. The summed E-state index contributed by atoms with van der Waals surface area (Å²) in [5.74, 6) is 2.27. The van der Waals surface area contributed by atoms with Crippen LogP contribution >= 0.6 is 0 Å². The fourth-order valence-electron chi connectivity index (χ4n) is 4.93. The third-order valence-electron chi connectivity index (χ3n) is 6.25. The van der Waals surface area contributed by atoms with Crippen molar-refractivity contribution < 1.29 is 9.59 Å². The summed E-state index contributed by atoms with van der Waals surface area (Å²) < 4.78 is 0. The Bertz CT molecular complexity index is 437. The van der Waals surface area contributed by atoms with E-state index in [1.165, 1.54) is 11.9 Å². The van der Waals surface area contributed by atoms with Crippen molar-refractivity contribution in [1.82, 2.24) is 0 Å². The first-order chi connectivity index (χ1) is 9.08. The van der Waals surface area contributed by atoms with Gasteiger partial charge in [-0.05, 0) is 61.9 Å². The summed E-state index contributed by atoms with van der Waals surface area (Å²) in [6.45, 7) is 4.53. The van der Waals surface area contributed by atoms with Crippen molar-refractivity contribution in [2.45, 2.75) is 52.4 Å². The quantitative estimate of drug-likeness (QED) is 0.676. The van der Waals surface area contributed by atoms with E-state index in [2.05, 4.69) is 13.8 Å². The smallest absolute Gasteiger partial charge is 0.155 e. The molecule has 0 N–H and O–H groups in total. The number of aldehydes is 1. The Morgan fingerprint density at radius 3 is 2.74 bits per heavy atom. The lowest BCUT2D eigenvalue weighted by Gasteiger charge is -2.36. The second-order valence-corrected chi connectivity index (χ2v) is 7.03. The van der Waals surface area contributed by atoms with Crippen molar-refractivity contribution in [3.8, 4) is 0 Å². The Morgan fingerprint density at radius 1 is 1.21 bits per heavy atom. The lowest BCUT2D eigenvalue weighted by Crippen LogP contribution is -2.34. The average Bonchev–Trinajstić information content (AvgIpc) is 2.67. The fourth-order valence-corrected chi connectivity index (χ4v) is 4.93. The molecule has 3 rings (SSSR count). The van der Waals surface area contributed by atoms with Gasteiger partial charge in [-0.3, -0.25) is 4.79 Å². The third kappa shape index (κ3) is 1.83. The van der Waals surface area contributed by atoms with Gasteiger partial charge in [-0.1, -0.05) is 19.4 Å². The lowest BCUT2D eigenvalue weighted by atomic mass is 9.67. The highest BCUT2D eigenvalue weighted by Crippen LogP contribution is 2.58. The number of ketones is 1. The molecule has 104 valence electrons. The molecule has 3 aliphatic carbocycles. The zero-order valence-corrected chi connectivity index (χ0v) is 12.0. The summed E-state index contributed by atoms with van der Waals surface area (Å²) in [5, 5.41) is 0. The SMILES string of the molecule is C[C@@H]1CC[C@@]2(C=O)[C@H](C)CC[C@@H]2C2=CC(=O)CC[C@@H]21. The van der Waals surface area contributed by atoms with E-state index in [0.29, 0.717) is 30.1 Å². The minimum absolute atomic E-state index is 0.174. The van der Waals surface area contributed by atoms with Gasteiger partial charge in [0.05, 0.1) is 0 Å². The number of hydrogen-bond acceptors (Lipinski definition) is 2. The van der Waals surface area contributed by atoms with E-state index in [9.17, 15) is 9.59 Å². The van der Waals surface area contributed by atoms with Crippen LogP contribution in [0.25, 0.3) is 0 Å². The Hall–Kier alpha value is -0.920. The standard InChI is InChI=1S/C17H24O2/c1-11-7-8-17(10-18)12(2)3-6-16(17)15-9-13(19)4-5-14(11)15/h9-12,14,16H,3-8H2,1-2H3/t11-,12-,14-,16-,17-/m1/s1. The van der Waals surface area contributed by atoms with Crippen molar-refractivity contribution in [1.29, 1.82) is 0 Å². The molecule has 0 spiro atoms. The molecule has 0 aliphatic heterocycles. The van der Waals surface area contributed by atoms with E-state index in [1.54, 1.807) is 0 Å². The van der Waals surface area contributed by atoms with E-state index in [4.69, 9.17) is 0 Å². The van der Waals surface area contributed by atoms with Crippen LogP contribution in [0.1, 0.15) is 52.4 Å². The summed E-state index contributed by atoms with van der Waals surface area (Å²) in [6, 6.07) is 0. The Kier molecular flexibility index (Phi) is 3.15. The predicted octanol–water partition coefficient (Wildman–Crippen LogP) is 3.55. The van der Waals surface area contributed by atoms with Crippen LogP contribution in [0.15, 0.2) is 11.6 Å². The van der Waals surface area contributed by atoms with Crippen LogP contribution in [-0.4, -0.2) is 12.1 Å². The van der Waals surface area contributed by atoms with Gasteiger partial charge in [0.1, 0.15) is 6.29 Å². The van der Waals surface area contributed by atoms with E-state index >= 15 is 0 Å². The van der Waals surface area contributed by atoms with Crippen molar-refractivity contribution in [2.24, 2.45) is 29.1 Å². The van der Waals surface area contributed by atoms with Gasteiger partial charge < -0.3 is 4.79 Å². The molecule has 3 aliphatic rings. The first kappa shape index (κ1) is 13.1. The molecule has 0 radical (unpaired) electrons. The van der Waals surface area contributed by atoms with Crippen LogP contribution in [0.2, 0.25) is 0 Å². The maximum Gasteiger partial charge on any atom is 0.155 e. The van der Waals surface area contributed by atoms with Crippen LogP contribution in [0.4, 0.5) is 0 Å². The molecule has 5 atom stereocenters. The van der Waals surface area contributed by atoms with Crippen LogP contribution in [0.3, 0.4) is 0 Å². The van der Waals surface area contributed by atoms with Crippen molar-refractivity contribution >= 4 is 12.1 Å². The molecule has 0 heterocycles. The molecule has 2 heteroatoms. The number of carbonyl (C=O) groups is 2. The largest absolute Gasteiger partial charge is 0.303 e. The van der Waals surface area contributed by atoms with Gasteiger partial charge in [-0.15, -0.1) is 0 Å². The minimum atomic E-state index is -0.174. The van der Waals surface area contributed by atoms with Crippen LogP contribution < -0.4 is 0 Å². The second-order valence-electron chi connectivity index (χ2n) is 7.03. The maximum atomic E-state index is 11.9. The number of carbonyl (C=O) groups excluding carboxylic acids is 2.